The fourth-order valence-corrected chi connectivity index (χ4v) is 4.38. The number of aromatic nitrogens is 4. The maximum absolute atomic E-state index is 5.53. The lowest BCUT2D eigenvalue weighted by Gasteiger charge is -2.27. The summed E-state index contributed by atoms with van der Waals surface area (Å²) in [5.74, 6) is 1.97. The number of nitrogens with zero attached hydrogens (tertiary/aromatic N) is 5. The molecule has 1 unspecified atom stereocenters. The van der Waals surface area contributed by atoms with Crippen LogP contribution in [0.2, 0.25) is 0 Å². The largest absolute Gasteiger partial charge is 0.339 e. The average Bonchev–Trinajstić information content (AvgIpc) is 3.23. The summed E-state index contributed by atoms with van der Waals surface area (Å²) >= 11 is 0. The molecule has 2 aromatic rings. The van der Waals surface area contributed by atoms with Gasteiger partial charge in [-0.25, -0.2) is 0 Å². The number of hydrogen-bond donors (Lipinski definition) is 0. The van der Waals surface area contributed by atoms with Crippen LogP contribution in [0.5, 0.6) is 0 Å². The highest BCUT2D eigenvalue weighted by molar-refractivity contribution is 5.13. The smallest absolute Gasteiger partial charge is 0.231 e. The van der Waals surface area contributed by atoms with Crippen LogP contribution < -0.4 is 0 Å². The first-order chi connectivity index (χ1) is 10.6. The van der Waals surface area contributed by atoms with Gasteiger partial charge in [0.25, 0.3) is 0 Å². The van der Waals surface area contributed by atoms with Crippen LogP contribution in [0.15, 0.2) is 16.9 Å². The molecule has 1 atom stereocenters. The average molecular weight is 301 g/mol. The Morgan fingerprint density at radius 3 is 2.82 bits per heavy atom. The first-order valence-corrected chi connectivity index (χ1v) is 8.15. The Labute approximate surface area is 130 Å². The molecule has 0 aromatic carbocycles. The minimum absolute atomic E-state index is 0.335. The van der Waals surface area contributed by atoms with Crippen LogP contribution in [0.3, 0.4) is 0 Å². The molecule has 1 aliphatic heterocycles. The van der Waals surface area contributed by atoms with Gasteiger partial charge in [0.05, 0.1) is 12.1 Å². The fraction of sp³-hybridized carbons (Fsp3) is 0.688. The molecule has 1 saturated heterocycles. The molecule has 1 aliphatic carbocycles. The minimum Gasteiger partial charge on any atom is -0.339 e. The van der Waals surface area contributed by atoms with Crippen molar-refractivity contribution in [1.29, 1.82) is 0 Å². The third-order valence-electron chi connectivity index (χ3n) is 5.32. The van der Waals surface area contributed by atoms with Crippen molar-refractivity contribution in [2.24, 2.45) is 12.5 Å². The molecular formula is C16H23N5O. The van der Waals surface area contributed by atoms with Gasteiger partial charge in [-0.2, -0.15) is 10.1 Å². The van der Waals surface area contributed by atoms with Crippen molar-refractivity contribution in [3.05, 3.63) is 29.7 Å². The zero-order valence-corrected chi connectivity index (χ0v) is 13.3. The quantitative estimate of drug-likeness (QED) is 0.870. The van der Waals surface area contributed by atoms with E-state index in [4.69, 9.17) is 4.52 Å². The van der Waals surface area contributed by atoms with Crippen LogP contribution in [0, 0.1) is 12.3 Å². The van der Waals surface area contributed by atoms with E-state index in [9.17, 15) is 0 Å². The van der Waals surface area contributed by atoms with Crippen LogP contribution in [0.25, 0.3) is 0 Å². The zero-order valence-electron chi connectivity index (χ0n) is 13.3. The highest BCUT2D eigenvalue weighted by atomic mass is 16.5. The lowest BCUT2D eigenvalue weighted by atomic mass is 9.76. The molecule has 22 heavy (non-hydrogen) atoms. The van der Waals surface area contributed by atoms with Crippen molar-refractivity contribution in [2.45, 2.75) is 45.1 Å². The van der Waals surface area contributed by atoms with Crippen molar-refractivity contribution >= 4 is 0 Å². The second-order valence-electron chi connectivity index (χ2n) is 6.99. The van der Waals surface area contributed by atoms with Gasteiger partial charge in [0.1, 0.15) is 0 Å². The van der Waals surface area contributed by atoms with Gasteiger partial charge in [0, 0.05) is 38.4 Å². The lowest BCUT2D eigenvalue weighted by molar-refractivity contribution is 0.227. The molecule has 1 saturated carbocycles. The SMILES string of the molecule is Cc1noc(C2CN(Cc3cnn(C)c3)CC23CCCC3)n1. The van der Waals surface area contributed by atoms with Crippen molar-refractivity contribution in [2.75, 3.05) is 13.1 Å². The van der Waals surface area contributed by atoms with Gasteiger partial charge in [-0.1, -0.05) is 18.0 Å². The second-order valence-corrected chi connectivity index (χ2v) is 6.99. The molecule has 4 rings (SSSR count). The first kappa shape index (κ1) is 13.9. The summed E-state index contributed by atoms with van der Waals surface area (Å²) in [6.45, 7) is 5.00. The van der Waals surface area contributed by atoms with Gasteiger partial charge in [-0.15, -0.1) is 0 Å². The predicted octanol–water partition coefficient (Wildman–Crippen LogP) is 2.27. The summed E-state index contributed by atoms with van der Waals surface area (Å²) in [5.41, 5.74) is 1.61. The zero-order chi connectivity index (χ0) is 15.2. The Kier molecular flexibility index (Phi) is 3.29. The topological polar surface area (TPSA) is 60.0 Å². The molecule has 6 nitrogen and oxygen atoms in total. The molecular weight excluding hydrogens is 278 g/mol. The van der Waals surface area contributed by atoms with Gasteiger partial charge in [0.15, 0.2) is 5.82 Å². The summed E-state index contributed by atoms with van der Waals surface area (Å²) in [6.07, 6.45) is 9.27. The molecule has 2 aromatic heterocycles. The van der Waals surface area contributed by atoms with Gasteiger partial charge < -0.3 is 4.52 Å². The molecule has 1 spiro atoms. The van der Waals surface area contributed by atoms with E-state index in [0.29, 0.717) is 11.3 Å². The van der Waals surface area contributed by atoms with E-state index in [1.165, 1.54) is 31.2 Å². The van der Waals surface area contributed by atoms with Gasteiger partial charge in [-0.05, 0) is 25.2 Å². The van der Waals surface area contributed by atoms with Gasteiger partial charge >= 0.3 is 0 Å². The van der Waals surface area contributed by atoms with E-state index in [2.05, 4.69) is 26.3 Å². The maximum Gasteiger partial charge on any atom is 0.231 e. The van der Waals surface area contributed by atoms with Crippen molar-refractivity contribution in [3.8, 4) is 0 Å². The third kappa shape index (κ3) is 2.35. The van der Waals surface area contributed by atoms with Crippen LogP contribution in [0.1, 0.15) is 48.9 Å². The molecule has 0 N–H and O–H groups in total. The lowest BCUT2D eigenvalue weighted by Crippen LogP contribution is -2.26. The predicted molar refractivity (Wildman–Crippen MR) is 81.2 cm³/mol. The summed E-state index contributed by atoms with van der Waals surface area (Å²) in [5, 5.41) is 8.29. The van der Waals surface area contributed by atoms with E-state index >= 15 is 0 Å². The molecule has 0 bridgehead atoms. The standard InChI is InChI=1S/C16H23N5O/c1-12-18-15(22-19-12)14-10-21(9-13-7-17-20(2)8-13)11-16(14)5-3-4-6-16/h7-8,14H,3-6,9-11H2,1-2H3. The van der Waals surface area contributed by atoms with E-state index in [1.807, 2.05) is 24.9 Å². The Bertz CT molecular complexity index is 655. The fourth-order valence-electron chi connectivity index (χ4n) is 4.38. The molecule has 2 fully saturated rings. The Balaban J connectivity index is 1.57. The van der Waals surface area contributed by atoms with Crippen molar-refractivity contribution in [3.63, 3.8) is 0 Å². The van der Waals surface area contributed by atoms with Crippen molar-refractivity contribution in [1.82, 2.24) is 24.8 Å². The number of rotatable bonds is 3. The van der Waals surface area contributed by atoms with Crippen LogP contribution >= 0.6 is 0 Å². The number of likely N-dealkylation sites (tertiary alicyclic amines) is 1. The van der Waals surface area contributed by atoms with Crippen LogP contribution in [-0.2, 0) is 13.6 Å². The van der Waals surface area contributed by atoms with E-state index < -0.39 is 0 Å². The highest BCUT2D eigenvalue weighted by Crippen LogP contribution is 2.53. The van der Waals surface area contributed by atoms with Gasteiger partial charge in [-0.3, -0.25) is 9.58 Å². The Morgan fingerprint density at radius 1 is 1.36 bits per heavy atom. The monoisotopic (exact) mass is 301 g/mol. The molecule has 3 heterocycles. The summed E-state index contributed by atoms with van der Waals surface area (Å²) < 4.78 is 7.40. The summed E-state index contributed by atoms with van der Waals surface area (Å²) in [6, 6.07) is 0. The molecule has 0 amide bonds. The number of aryl methyl sites for hydroxylation is 2. The molecule has 118 valence electrons. The Hall–Kier alpha value is -1.69. The van der Waals surface area contributed by atoms with Crippen LogP contribution in [0.4, 0.5) is 0 Å². The summed E-state index contributed by atoms with van der Waals surface area (Å²) in [7, 11) is 1.97. The molecule has 0 radical (unpaired) electrons. The minimum atomic E-state index is 0.335. The molecule has 2 aliphatic rings. The van der Waals surface area contributed by atoms with E-state index in [1.54, 1.807) is 0 Å². The summed E-state index contributed by atoms with van der Waals surface area (Å²) in [4.78, 5) is 7.07. The highest BCUT2D eigenvalue weighted by Gasteiger charge is 2.50. The second kappa shape index (κ2) is 5.19. The third-order valence-corrected chi connectivity index (χ3v) is 5.32. The number of hydrogen-bond acceptors (Lipinski definition) is 5. The van der Waals surface area contributed by atoms with Crippen LogP contribution in [-0.4, -0.2) is 37.9 Å². The van der Waals surface area contributed by atoms with Crippen molar-refractivity contribution < 1.29 is 4.52 Å². The van der Waals surface area contributed by atoms with Gasteiger partial charge in [0.2, 0.25) is 5.89 Å². The molecule has 6 heteroatoms. The maximum atomic E-state index is 5.53. The van der Waals surface area contributed by atoms with E-state index in [0.717, 1.165) is 31.3 Å². The first-order valence-electron chi connectivity index (χ1n) is 8.15. The Morgan fingerprint density at radius 2 is 2.18 bits per heavy atom. The normalized spacial score (nSPS) is 24.5. The van der Waals surface area contributed by atoms with E-state index in [-0.39, 0.29) is 0 Å².